The Morgan fingerprint density at radius 1 is 1.24 bits per heavy atom. The van der Waals surface area contributed by atoms with Crippen molar-refractivity contribution in [2.75, 3.05) is 6.54 Å². The van der Waals surface area contributed by atoms with Crippen LogP contribution in [0.15, 0.2) is 18.3 Å². The first kappa shape index (κ1) is 13.7. The van der Waals surface area contributed by atoms with Gasteiger partial charge in [0.2, 0.25) is 0 Å². The minimum absolute atomic E-state index is 0.00264. The number of amides is 1. The molecule has 6 heteroatoms. The van der Waals surface area contributed by atoms with Gasteiger partial charge >= 0.3 is 0 Å². The van der Waals surface area contributed by atoms with Crippen LogP contribution in [0, 0.1) is 6.92 Å². The van der Waals surface area contributed by atoms with Crippen LogP contribution in [0.5, 0.6) is 0 Å². The number of carbonyl (C=O) groups excluding carboxylic acids is 1. The highest BCUT2D eigenvalue weighted by molar-refractivity contribution is 5.93. The lowest BCUT2D eigenvalue weighted by molar-refractivity contribution is 0.0706. The van der Waals surface area contributed by atoms with Gasteiger partial charge in [-0.25, -0.2) is 0 Å². The number of nitrogens with zero attached hydrogens (tertiary/aromatic N) is 5. The minimum atomic E-state index is 0.00264. The van der Waals surface area contributed by atoms with Crippen LogP contribution in [0.1, 0.15) is 47.5 Å². The monoisotopic (exact) mass is 285 g/mol. The highest BCUT2D eigenvalue weighted by Crippen LogP contribution is 2.19. The molecule has 110 valence electrons. The van der Waals surface area contributed by atoms with E-state index in [1.54, 1.807) is 11.1 Å². The van der Waals surface area contributed by atoms with Crippen molar-refractivity contribution < 1.29 is 4.79 Å². The molecule has 0 saturated carbocycles. The van der Waals surface area contributed by atoms with Crippen LogP contribution in [-0.4, -0.2) is 37.1 Å². The zero-order valence-corrected chi connectivity index (χ0v) is 12.6. The number of aryl methyl sites for hydroxylation is 1. The number of rotatable bonds is 2. The van der Waals surface area contributed by atoms with Crippen LogP contribution in [0.25, 0.3) is 0 Å². The fourth-order valence-electron chi connectivity index (χ4n) is 2.56. The van der Waals surface area contributed by atoms with E-state index in [0.29, 0.717) is 24.6 Å². The summed E-state index contributed by atoms with van der Waals surface area (Å²) >= 11 is 0. The molecular weight excluding hydrogens is 266 g/mol. The van der Waals surface area contributed by atoms with Crippen LogP contribution >= 0.6 is 0 Å². The fraction of sp³-hybridized carbons (Fsp3) is 0.467. The van der Waals surface area contributed by atoms with Crippen LogP contribution in [0.3, 0.4) is 0 Å². The highest BCUT2D eigenvalue weighted by Gasteiger charge is 2.25. The van der Waals surface area contributed by atoms with Crippen molar-refractivity contribution in [1.29, 1.82) is 0 Å². The topological polar surface area (TPSA) is 63.9 Å². The summed E-state index contributed by atoms with van der Waals surface area (Å²) in [5.74, 6) is 2.20. The molecule has 0 unspecified atom stereocenters. The molecule has 1 amide bonds. The largest absolute Gasteiger partial charge is 0.329 e. The van der Waals surface area contributed by atoms with Gasteiger partial charge in [-0.1, -0.05) is 13.8 Å². The predicted octanol–water partition coefficient (Wildman–Crippen LogP) is 1.76. The van der Waals surface area contributed by atoms with E-state index in [1.807, 2.05) is 19.1 Å². The third-order valence-electron chi connectivity index (χ3n) is 3.74. The van der Waals surface area contributed by atoms with E-state index in [2.05, 4.69) is 33.6 Å². The van der Waals surface area contributed by atoms with E-state index in [0.717, 1.165) is 23.9 Å². The Kier molecular flexibility index (Phi) is 3.45. The maximum absolute atomic E-state index is 12.5. The summed E-state index contributed by atoms with van der Waals surface area (Å²) < 4.78 is 2.13. The van der Waals surface area contributed by atoms with Gasteiger partial charge in [-0.15, -0.1) is 10.2 Å². The van der Waals surface area contributed by atoms with Gasteiger partial charge in [0.25, 0.3) is 5.91 Å². The Balaban J connectivity index is 1.80. The first-order valence-electron chi connectivity index (χ1n) is 7.20. The van der Waals surface area contributed by atoms with Gasteiger partial charge in [0.15, 0.2) is 5.82 Å². The predicted molar refractivity (Wildman–Crippen MR) is 77.8 cm³/mol. The molecule has 21 heavy (non-hydrogen) atoms. The maximum atomic E-state index is 12.5. The van der Waals surface area contributed by atoms with Gasteiger partial charge < -0.3 is 9.47 Å². The Bertz CT molecular complexity index is 659. The second-order valence-electron chi connectivity index (χ2n) is 5.70. The average Bonchev–Trinajstić information content (AvgIpc) is 2.90. The first-order valence-corrected chi connectivity index (χ1v) is 7.20. The summed E-state index contributed by atoms with van der Waals surface area (Å²) in [6.07, 6.45) is 1.64. The Labute approximate surface area is 123 Å². The third kappa shape index (κ3) is 2.53. The molecule has 2 aromatic heterocycles. The number of pyridine rings is 1. The molecule has 0 spiro atoms. The SMILES string of the molecule is Cc1ccc(C(=O)N2CCn3c(nnc3C(C)C)C2)cn1. The van der Waals surface area contributed by atoms with Gasteiger partial charge in [0, 0.05) is 30.9 Å². The van der Waals surface area contributed by atoms with Gasteiger partial charge in [-0.2, -0.15) is 0 Å². The zero-order chi connectivity index (χ0) is 15.0. The molecule has 6 nitrogen and oxygen atoms in total. The number of aromatic nitrogens is 4. The van der Waals surface area contributed by atoms with Crippen LogP contribution in [0.2, 0.25) is 0 Å². The average molecular weight is 285 g/mol. The van der Waals surface area contributed by atoms with Crippen molar-refractivity contribution in [2.24, 2.45) is 0 Å². The Morgan fingerprint density at radius 2 is 2.05 bits per heavy atom. The fourth-order valence-corrected chi connectivity index (χ4v) is 2.56. The molecule has 0 aliphatic carbocycles. The van der Waals surface area contributed by atoms with Crippen molar-refractivity contribution in [3.8, 4) is 0 Å². The van der Waals surface area contributed by atoms with Crippen molar-refractivity contribution in [2.45, 2.75) is 39.8 Å². The molecule has 0 bridgehead atoms. The molecule has 1 aliphatic heterocycles. The van der Waals surface area contributed by atoms with Gasteiger partial charge in [-0.3, -0.25) is 9.78 Å². The molecule has 3 heterocycles. The van der Waals surface area contributed by atoms with E-state index in [9.17, 15) is 4.79 Å². The van der Waals surface area contributed by atoms with Crippen molar-refractivity contribution in [1.82, 2.24) is 24.6 Å². The van der Waals surface area contributed by atoms with E-state index in [4.69, 9.17) is 0 Å². The maximum Gasteiger partial charge on any atom is 0.255 e. The lowest BCUT2D eigenvalue weighted by Crippen LogP contribution is -2.38. The molecule has 1 aliphatic rings. The van der Waals surface area contributed by atoms with Crippen LogP contribution < -0.4 is 0 Å². The second kappa shape index (κ2) is 5.27. The molecule has 2 aromatic rings. The molecular formula is C15H19N5O. The van der Waals surface area contributed by atoms with Crippen molar-refractivity contribution >= 4 is 5.91 Å². The van der Waals surface area contributed by atoms with Crippen molar-refractivity contribution in [3.05, 3.63) is 41.2 Å². The number of fused-ring (bicyclic) bond motifs is 1. The highest BCUT2D eigenvalue weighted by atomic mass is 16.2. The molecule has 0 saturated heterocycles. The van der Waals surface area contributed by atoms with Gasteiger partial charge in [0.1, 0.15) is 5.82 Å². The smallest absolute Gasteiger partial charge is 0.255 e. The number of hydrogen-bond donors (Lipinski definition) is 0. The second-order valence-corrected chi connectivity index (χ2v) is 5.70. The number of carbonyl (C=O) groups is 1. The molecule has 0 N–H and O–H groups in total. The Hall–Kier alpha value is -2.24. The first-order chi connectivity index (χ1) is 10.1. The number of hydrogen-bond acceptors (Lipinski definition) is 4. The summed E-state index contributed by atoms with van der Waals surface area (Å²) in [5, 5.41) is 8.46. The van der Waals surface area contributed by atoms with Crippen LogP contribution in [-0.2, 0) is 13.1 Å². The molecule has 0 radical (unpaired) electrons. The van der Waals surface area contributed by atoms with E-state index < -0.39 is 0 Å². The van der Waals surface area contributed by atoms with Crippen LogP contribution in [0.4, 0.5) is 0 Å². The lowest BCUT2D eigenvalue weighted by atomic mass is 10.2. The summed E-state index contributed by atoms with van der Waals surface area (Å²) in [6, 6.07) is 3.68. The lowest BCUT2D eigenvalue weighted by Gasteiger charge is -2.28. The molecule has 0 atom stereocenters. The summed E-state index contributed by atoms with van der Waals surface area (Å²) in [6.45, 7) is 8.05. The molecule has 0 aromatic carbocycles. The van der Waals surface area contributed by atoms with Gasteiger partial charge in [0.05, 0.1) is 12.1 Å². The molecule has 0 fully saturated rings. The summed E-state index contributed by atoms with van der Waals surface area (Å²) in [5.41, 5.74) is 1.53. The van der Waals surface area contributed by atoms with Crippen molar-refractivity contribution in [3.63, 3.8) is 0 Å². The van der Waals surface area contributed by atoms with E-state index in [-0.39, 0.29) is 5.91 Å². The zero-order valence-electron chi connectivity index (χ0n) is 12.6. The van der Waals surface area contributed by atoms with E-state index in [1.165, 1.54) is 0 Å². The quantitative estimate of drug-likeness (QED) is 0.843. The van der Waals surface area contributed by atoms with Gasteiger partial charge in [-0.05, 0) is 19.1 Å². The Morgan fingerprint density at radius 3 is 2.71 bits per heavy atom. The summed E-state index contributed by atoms with van der Waals surface area (Å²) in [4.78, 5) is 18.5. The van der Waals surface area contributed by atoms with E-state index >= 15 is 0 Å². The normalized spacial score (nSPS) is 14.4. The standard InChI is InChI=1S/C15H19N5O/c1-10(2)14-18-17-13-9-19(6-7-20(13)14)15(21)12-5-4-11(3)16-8-12/h4-5,8,10H,6-7,9H2,1-3H3. The third-order valence-corrected chi connectivity index (χ3v) is 3.74. The molecule has 3 rings (SSSR count). The minimum Gasteiger partial charge on any atom is -0.329 e. The summed E-state index contributed by atoms with van der Waals surface area (Å²) in [7, 11) is 0.